The highest BCUT2D eigenvalue weighted by Gasteiger charge is 2.42. The molecule has 212 valence electrons. The highest BCUT2D eigenvalue weighted by atomic mass is 16.6. The number of benzene rings is 2. The van der Waals surface area contributed by atoms with Crippen molar-refractivity contribution in [3.63, 3.8) is 0 Å². The molecule has 2 unspecified atom stereocenters. The fourth-order valence-electron chi connectivity index (χ4n) is 4.69. The van der Waals surface area contributed by atoms with Gasteiger partial charge in [-0.05, 0) is 37.1 Å². The fraction of sp³-hybridized carbons (Fsp3) is 0.276. The molecule has 12 heteroatoms. The number of imidazole rings is 1. The average molecular weight is 561 g/mol. The second kappa shape index (κ2) is 12.8. The van der Waals surface area contributed by atoms with Gasteiger partial charge in [-0.15, -0.1) is 0 Å². The van der Waals surface area contributed by atoms with E-state index in [9.17, 15) is 24.5 Å². The van der Waals surface area contributed by atoms with E-state index in [2.05, 4.69) is 9.98 Å². The molecular weight excluding hydrogens is 532 g/mol. The zero-order valence-corrected chi connectivity index (χ0v) is 22.7. The molecule has 0 aliphatic carbocycles. The number of rotatable bonds is 10. The minimum absolute atomic E-state index is 0.0614. The van der Waals surface area contributed by atoms with E-state index in [1.807, 2.05) is 22.9 Å². The number of nitrogens with zero attached hydrogens (tertiary/aromatic N) is 4. The zero-order valence-electron chi connectivity index (χ0n) is 22.7. The Kier molecular flexibility index (Phi) is 9.02. The van der Waals surface area contributed by atoms with Gasteiger partial charge >= 0.3 is 17.9 Å². The van der Waals surface area contributed by atoms with E-state index in [0.29, 0.717) is 29.1 Å². The molecule has 1 aromatic heterocycles. The van der Waals surface area contributed by atoms with Crippen molar-refractivity contribution >= 4 is 29.3 Å². The van der Waals surface area contributed by atoms with Gasteiger partial charge in [0.2, 0.25) is 0 Å². The number of nitro benzene ring substituents is 1. The van der Waals surface area contributed by atoms with Crippen LogP contribution in [0, 0.1) is 16.0 Å². The first-order valence-corrected chi connectivity index (χ1v) is 12.7. The number of hydrogen-bond donors (Lipinski definition) is 0. The minimum Gasteiger partial charge on any atom is -0.468 e. The van der Waals surface area contributed by atoms with Crippen LogP contribution in [0.25, 0.3) is 0 Å². The number of hydrogen-bond acceptors (Lipinski definition) is 10. The van der Waals surface area contributed by atoms with Crippen molar-refractivity contribution in [2.45, 2.75) is 26.3 Å². The van der Waals surface area contributed by atoms with Crippen LogP contribution in [0.2, 0.25) is 0 Å². The molecule has 41 heavy (non-hydrogen) atoms. The first kappa shape index (κ1) is 28.9. The van der Waals surface area contributed by atoms with E-state index in [1.165, 1.54) is 25.3 Å². The quantitative estimate of drug-likeness (QED) is 0.118. The van der Waals surface area contributed by atoms with Crippen molar-refractivity contribution in [3.05, 3.63) is 105 Å². The molecule has 0 spiro atoms. The summed E-state index contributed by atoms with van der Waals surface area (Å²) in [6.45, 7) is 3.36. The smallest absolute Gasteiger partial charge is 0.338 e. The predicted molar refractivity (Wildman–Crippen MR) is 146 cm³/mol. The van der Waals surface area contributed by atoms with Crippen LogP contribution >= 0.6 is 0 Å². The van der Waals surface area contributed by atoms with Gasteiger partial charge in [-0.1, -0.05) is 24.3 Å². The molecule has 2 atom stereocenters. The van der Waals surface area contributed by atoms with Crippen LogP contribution < -0.4 is 0 Å². The van der Waals surface area contributed by atoms with Gasteiger partial charge in [0, 0.05) is 48.4 Å². The second-order valence-electron chi connectivity index (χ2n) is 9.29. The summed E-state index contributed by atoms with van der Waals surface area (Å²) in [7, 11) is 1.21. The van der Waals surface area contributed by atoms with Gasteiger partial charge in [-0.25, -0.2) is 14.6 Å². The highest BCUT2D eigenvalue weighted by molar-refractivity contribution is 6.07. The number of aliphatic imine (C=N–C) groups is 1. The van der Waals surface area contributed by atoms with Gasteiger partial charge in [-0.3, -0.25) is 19.9 Å². The van der Waals surface area contributed by atoms with Gasteiger partial charge in [0.1, 0.15) is 19.1 Å². The molecule has 2 aromatic carbocycles. The third kappa shape index (κ3) is 6.72. The maximum absolute atomic E-state index is 13.3. The summed E-state index contributed by atoms with van der Waals surface area (Å²) in [6.07, 6.45) is 5.22. The number of esters is 3. The molecule has 0 saturated carbocycles. The Morgan fingerprint density at radius 2 is 1.73 bits per heavy atom. The minimum atomic E-state index is -0.997. The van der Waals surface area contributed by atoms with E-state index >= 15 is 0 Å². The lowest BCUT2D eigenvalue weighted by Gasteiger charge is -2.31. The highest BCUT2D eigenvalue weighted by Crippen LogP contribution is 2.40. The van der Waals surface area contributed by atoms with Crippen LogP contribution in [-0.4, -0.2) is 58.4 Å². The number of methoxy groups -OCH3 is 1. The van der Waals surface area contributed by atoms with Crippen LogP contribution in [0.5, 0.6) is 0 Å². The number of carbonyl (C=O) groups excluding carboxylic acids is 3. The Bertz CT molecular complexity index is 1510. The Balaban J connectivity index is 1.43. The molecule has 0 amide bonds. The molecule has 1 aliphatic heterocycles. The molecule has 0 fully saturated rings. The third-order valence-electron chi connectivity index (χ3n) is 6.61. The van der Waals surface area contributed by atoms with E-state index in [-0.39, 0.29) is 24.5 Å². The van der Waals surface area contributed by atoms with Crippen molar-refractivity contribution in [2.24, 2.45) is 10.9 Å². The molecule has 0 saturated heterocycles. The Morgan fingerprint density at radius 3 is 2.37 bits per heavy atom. The molecule has 0 radical (unpaired) electrons. The van der Waals surface area contributed by atoms with Crippen molar-refractivity contribution in [3.8, 4) is 0 Å². The molecule has 1 aliphatic rings. The van der Waals surface area contributed by atoms with E-state index in [4.69, 9.17) is 14.2 Å². The molecule has 0 bridgehead atoms. The van der Waals surface area contributed by atoms with Crippen molar-refractivity contribution in [2.75, 3.05) is 20.3 Å². The van der Waals surface area contributed by atoms with E-state index in [1.54, 1.807) is 44.6 Å². The summed E-state index contributed by atoms with van der Waals surface area (Å²) in [6, 6.07) is 12.6. The SMILES string of the molecule is COC(=O)C1C(C)=NC(C)=C(C(=O)OCCOC(=O)c2ccc(Cn3ccnc3)cc2)C1c1cccc([N+](=O)[O-])c1. The zero-order chi connectivity index (χ0) is 29.5. The van der Waals surface area contributed by atoms with Gasteiger partial charge in [-0.2, -0.15) is 0 Å². The van der Waals surface area contributed by atoms with E-state index in [0.717, 1.165) is 5.56 Å². The maximum atomic E-state index is 13.3. The lowest BCUT2D eigenvalue weighted by atomic mass is 9.75. The molecule has 3 aromatic rings. The lowest BCUT2D eigenvalue weighted by molar-refractivity contribution is -0.384. The summed E-state index contributed by atoms with van der Waals surface area (Å²) >= 11 is 0. The first-order chi connectivity index (χ1) is 19.7. The molecule has 12 nitrogen and oxygen atoms in total. The van der Waals surface area contributed by atoms with Gasteiger partial charge in [0.15, 0.2) is 0 Å². The largest absolute Gasteiger partial charge is 0.468 e. The molecule has 2 heterocycles. The van der Waals surface area contributed by atoms with Gasteiger partial charge in [0.25, 0.3) is 5.69 Å². The Morgan fingerprint density at radius 1 is 1.02 bits per heavy atom. The lowest BCUT2D eigenvalue weighted by Crippen LogP contribution is -2.36. The molecular formula is C29H28N4O8. The summed E-state index contributed by atoms with van der Waals surface area (Å²) in [5.41, 5.74) is 2.24. The third-order valence-corrected chi connectivity index (χ3v) is 6.61. The number of allylic oxidation sites excluding steroid dienone is 1. The van der Waals surface area contributed by atoms with Crippen LogP contribution in [0.3, 0.4) is 0 Å². The second-order valence-corrected chi connectivity index (χ2v) is 9.29. The molecule has 4 rings (SSSR count). The van der Waals surface area contributed by atoms with Crippen molar-refractivity contribution < 1.29 is 33.5 Å². The topological polar surface area (TPSA) is 152 Å². The van der Waals surface area contributed by atoms with Crippen LogP contribution in [0.4, 0.5) is 5.69 Å². The monoisotopic (exact) mass is 560 g/mol. The van der Waals surface area contributed by atoms with Crippen LogP contribution in [0.1, 0.15) is 41.3 Å². The number of aromatic nitrogens is 2. The average Bonchev–Trinajstić information content (AvgIpc) is 3.47. The van der Waals surface area contributed by atoms with Crippen LogP contribution in [0.15, 0.2) is 83.5 Å². The normalized spacial score (nSPS) is 16.5. The number of carbonyl (C=O) groups is 3. The van der Waals surface area contributed by atoms with E-state index < -0.39 is 34.7 Å². The summed E-state index contributed by atoms with van der Waals surface area (Å²) < 4.78 is 17.5. The van der Waals surface area contributed by atoms with Crippen molar-refractivity contribution in [1.29, 1.82) is 0 Å². The predicted octanol–water partition coefficient (Wildman–Crippen LogP) is 3.86. The van der Waals surface area contributed by atoms with Gasteiger partial charge in [0.05, 0.1) is 29.5 Å². The fourth-order valence-corrected chi connectivity index (χ4v) is 4.69. The Hall–Kier alpha value is -5.13. The Labute approximate surface area is 235 Å². The van der Waals surface area contributed by atoms with Crippen LogP contribution in [-0.2, 0) is 30.3 Å². The number of non-ortho nitro benzene ring substituents is 1. The van der Waals surface area contributed by atoms with Crippen molar-refractivity contribution in [1.82, 2.24) is 9.55 Å². The summed E-state index contributed by atoms with van der Waals surface area (Å²) in [5, 5.41) is 11.4. The van der Waals surface area contributed by atoms with Gasteiger partial charge < -0.3 is 18.8 Å². The molecule has 0 N–H and O–H groups in total. The first-order valence-electron chi connectivity index (χ1n) is 12.7. The maximum Gasteiger partial charge on any atom is 0.338 e. The number of ether oxygens (including phenoxy) is 3. The summed E-state index contributed by atoms with van der Waals surface area (Å²) in [5.74, 6) is -3.95. The number of nitro groups is 1. The standard InChI is InChI=1S/C29H28N4O8/c1-18-24(28(35)39-3)26(22-5-4-6-23(15-22)33(37)38)25(19(2)31-18)29(36)41-14-13-40-27(34)21-9-7-20(8-10-21)16-32-12-11-30-17-32/h4-12,15,17,24,26H,13-14,16H2,1-3H3. The summed E-state index contributed by atoms with van der Waals surface area (Å²) in [4.78, 5) is 57.7.